The second-order valence-electron chi connectivity index (χ2n) is 5.63. The van der Waals surface area contributed by atoms with Gasteiger partial charge in [0.05, 0.1) is 0 Å². The van der Waals surface area contributed by atoms with E-state index < -0.39 is 11.6 Å². The highest BCUT2D eigenvalue weighted by atomic mass is 19.4. The van der Waals surface area contributed by atoms with E-state index in [0.717, 1.165) is 19.1 Å². The van der Waals surface area contributed by atoms with E-state index in [-0.39, 0.29) is 22.6 Å². The van der Waals surface area contributed by atoms with Crippen molar-refractivity contribution in [2.45, 2.75) is 32.4 Å². The molecule has 118 valence electrons. The summed E-state index contributed by atoms with van der Waals surface area (Å²) in [6.07, 6.45) is -4.59. The highest BCUT2D eigenvalue weighted by Crippen LogP contribution is 2.47. The molecule has 0 aliphatic rings. The molecular formula is C17H17F3O2. The van der Waals surface area contributed by atoms with Crippen LogP contribution in [0.3, 0.4) is 0 Å². The van der Waals surface area contributed by atoms with Gasteiger partial charge < -0.3 is 10.2 Å². The summed E-state index contributed by atoms with van der Waals surface area (Å²) in [5.41, 5.74) is -1.48. The van der Waals surface area contributed by atoms with Gasteiger partial charge in [-0.1, -0.05) is 24.3 Å². The minimum atomic E-state index is -4.59. The Balaban J connectivity index is 2.72. The molecule has 2 aromatic rings. The second kappa shape index (κ2) is 5.23. The van der Waals surface area contributed by atoms with E-state index in [9.17, 15) is 23.4 Å². The summed E-state index contributed by atoms with van der Waals surface area (Å²) in [4.78, 5) is 0. The maximum Gasteiger partial charge on any atom is 0.402 e. The zero-order chi connectivity index (χ0) is 16.7. The highest BCUT2D eigenvalue weighted by Gasteiger charge is 2.53. The first-order valence-corrected chi connectivity index (χ1v) is 6.74. The predicted molar refractivity (Wildman–Crippen MR) is 78.2 cm³/mol. The molecule has 0 spiro atoms. The number of halogens is 3. The molecule has 5 heteroatoms. The fourth-order valence-electron chi connectivity index (χ4n) is 2.33. The average Bonchev–Trinajstić information content (AvgIpc) is 2.42. The van der Waals surface area contributed by atoms with E-state index in [0.29, 0.717) is 11.1 Å². The molecule has 0 atom stereocenters. The number of hydrogen-bond acceptors (Lipinski definition) is 2. The Morgan fingerprint density at radius 1 is 0.773 bits per heavy atom. The average molecular weight is 310 g/mol. The zero-order valence-corrected chi connectivity index (χ0v) is 12.5. The Bertz CT molecular complexity index is 654. The zero-order valence-electron chi connectivity index (χ0n) is 12.5. The number of phenolic OH excluding ortho intramolecular Hbond substituents is 2. The van der Waals surface area contributed by atoms with Gasteiger partial charge >= 0.3 is 6.18 Å². The Labute approximate surface area is 126 Å². The van der Waals surface area contributed by atoms with Crippen molar-refractivity contribution in [1.82, 2.24) is 0 Å². The van der Waals surface area contributed by atoms with Gasteiger partial charge in [-0.25, -0.2) is 0 Å². The fraction of sp³-hybridized carbons (Fsp3) is 0.294. The first-order chi connectivity index (χ1) is 10.1. The van der Waals surface area contributed by atoms with Crippen LogP contribution in [-0.2, 0) is 5.41 Å². The summed E-state index contributed by atoms with van der Waals surface area (Å²) in [6.45, 7) is 4.27. The molecule has 0 heterocycles. The molecule has 0 saturated heterocycles. The lowest BCUT2D eigenvalue weighted by molar-refractivity contribution is -0.173. The summed E-state index contributed by atoms with van der Waals surface area (Å²) in [5.74, 6) is -0.381. The van der Waals surface area contributed by atoms with Crippen LogP contribution in [0.25, 0.3) is 0 Å². The molecule has 0 amide bonds. The summed E-state index contributed by atoms with van der Waals surface area (Å²) < 4.78 is 41.3. The SMILES string of the molecule is Cc1ccc(C(C)(c2ccc(C)c(O)c2)C(F)(F)F)cc1O. The van der Waals surface area contributed by atoms with E-state index in [2.05, 4.69) is 0 Å². The predicted octanol–water partition coefficient (Wildman–Crippen LogP) is 4.58. The topological polar surface area (TPSA) is 40.5 Å². The Morgan fingerprint density at radius 3 is 1.41 bits per heavy atom. The van der Waals surface area contributed by atoms with Crippen molar-refractivity contribution in [3.05, 3.63) is 58.7 Å². The molecule has 2 rings (SSSR count). The van der Waals surface area contributed by atoms with Gasteiger partial charge in [-0.05, 0) is 55.2 Å². The quantitative estimate of drug-likeness (QED) is 0.852. The summed E-state index contributed by atoms with van der Waals surface area (Å²) >= 11 is 0. The largest absolute Gasteiger partial charge is 0.508 e. The molecule has 2 N–H and O–H groups in total. The minimum absolute atomic E-state index is 0.0775. The van der Waals surface area contributed by atoms with Crippen LogP contribution in [-0.4, -0.2) is 16.4 Å². The van der Waals surface area contributed by atoms with Gasteiger partial charge in [-0.15, -0.1) is 0 Å². The summed E-state index contributed by atoms with van der Waals surface area (Å²) in [6, 6.07) is 7.84. The Hall–Kier alpha value is -2.17. The Morgan fingerprint density at radius 2 is 1.14 bits per heavy atom. The third-order valence-corrected chi connectivity index (χ3v) is 4.14. The number of aromatic hydroxyl groups is 2. The lowest BCUT2D eigenvalue weighted by Crippen LogP contribution is -2.40. The van der Waals surface area contributed by atoms with Gasteiger partial charge in [0, 0.05) is 0 Å². The molecule has 2 nitrogen and oxygen atoms in total. The van der Waals surface area contributed by atoms with Crippen LogP contribution >= 0.6 is 0 Å². The first-order valence-electron chi connectivity index (χ1n) is 6.74. The van der Waals surface area contributed by atoms with Crippen molar-refractivity contribution in [2.24, 2.45) is 0 Å². The standard InChI is InChI=1S/C17H17F3O2/c1-10-4-6-12(8-14(10)21)16(3,17(18,19)20)13-7-5-11(2)15(22)9-13/h4-9,21-22H,1-3H3. The molecule has 2 aromatic carbocycles. The Kier molecular flexibility index (Phi) is 3.85. The maximum absolute atomic E-state index is 13.8. The van der Waals surface area contributed by atoms with E-state index in [4.69, 9.17) is 0 Å². The molecule has 0 aliphatic heterocycles. The van der Waals surface area contributed by atoms with Crippen molar-refractivity contribution in [2.75, 3.05) is 0 Å². The summed E-state index contributed by atoms with van der Waals surface area (Å²) in [5, 5.41) is 19.5. The van der Waals surface area contributed by atoms with E-state index in [1.165, 1.54) is 24.3 Å². The van der Waals surface area contributed by atoms with Crippen molar-refractivity contribution >= 4 is 0 Å². The molecule has 22 heavy (non-hydrogen) atoms. The molecule has 0 aliphatic carbocycles. The number of benzene rings is 2. The number of phenols is 2. The fourth-order valence-corrected chi connectivity index (χ4v) is 2.33. The monoisotopic (exact) mass is 310 g/mol. The van der Waals surface area contributed by atoms with Gasteiger partial charge in [0.25, 0.3) is 0 Å². The smallest absolute Gasteiger partial charge is 0.402 e. The van der Waals surface area contributed by atoms with Crippen LogP contribution in [0.15, 0.2) is 36.4 Å². The van der Waals surface area contributed by atoms with Crippen molar-refractivity contribution in [1.29, 1.82) is 0 Å². The van der Waals surface area contributed by atoms with Crippen molar-refractivity contribution in [3.8, 4) is 11.5 Å². The van der Waals surface area contributed by atoms with E-state index in [1.807, 2.05) is 0 Å². The highest BCUT2D eigenvalue weighted by molar-refractivity contribution is 5.48. The van der Waals surface area contributed by atoms with Crippen molar-refractivity contribution in [3.63, 3.8) is 0 Å². The number of aryl methyl sites for hydroxylation is 2. The van der Waals surface area contributed by atoms with Gasteiger partial charge in [0.15, 0.2) is 0 Å². The normalized spacial score (nSPS) is 12.5. The minimum Gasteiger partial charge on any atom is -0.508 e. The molecule has 0 unspecified atom stereocenters. The van der Waals surface area contributed by atoms with Gasteiger partial charge in [0.1, 0.15) is 16.9 Å². The number of alkyl halides is 3. The lowest BCUT2D eigenvalue weighted by Gasteiger charge is -2.33. The van der Waals surface area contributed by atoms with Crippen LogP contribution in [0.2, 0.25) is 0 Å². The van der Waals surface area contributed by atoms with Crippen LogP contribution in [0.5, 0.6) is 11.5 Å². The van der Waals surface area contributed by atoms with E-state index in [1.54, 1.807) is 13.8 Å². The van der Waals surface area contributed by atoms with Crippen LogP contribution < -0.4 is 0 Å². The third kappa shape index (κ3) is 2.51. The molecule has 0 bridgehead atoms. The summed E-state index contributed by atoms with van der Waals surface area (Å²) in [7, 11) is 0. The van der Waals surface area contributed by atoms with Crippen LogP contribution in [0.4, 0.5) is 13.2 Å². The van der Waals surface area contributed by atoms with Crippen molar-refractivity contribution < 1.29 is 23.4 Å². The van der Waals surface area contributed by atoms with Gasteiger partial charge in [-0.3, -0.25) is 0 Å². The molecule has 0 saturated carbocycles. The molecule has 0 radical (unpaired) electrons. The van der Waals surface area contributed by atoms with Gasteiger partial charge in [0.2, 0.25) is 0 Å². The number of rotatable bonds is 2. The first kappa shape index (κ1) is 16.2. The molecular weight excluding hydrogens is 293 g/mol. The van der Waals surface area contributed by atoms with Gasteiger partial charge in [-0.2, -0.15) is 13.2 Å². The van der Waals surface area contributed by atoms with Crippen LogP contribution in [0.1, 0.15) is 29.2 Å². The van der Waals surface area contributed by atoms with Crippen LogP contribution in [0, 0.1) is 13.8 Å². The second-order valence-corrected chi connectivity index (χ2v) is 5.63. The number of hydrogen-bond donors (Lipinski definition) is 2. The lowest BCUT2D eigenvalue weighted by atomic mass is 9.75. The van der Waals surface area contributed by atoms with E-state index >= 15 is 0 Å². The maximum atomic E-state index is 13.8. The third-order valence-electron chi connectivity index (χ3n) is 4.14. The molecule has 0 fully saturated rings. The molecule has 0 aromatic heterocycles.